The van der Waals surface area contributed by atoms with Crippen molar-refractivity contribution in [2.45, 2.75) is 12.8 Å². The van der Waals surface area contributed by atoms with Crippen LogP contribution in [0.25, 0.3) is 0 Å². The molecule has 0 fully saturated rings. The summed E-state index contributed by atoms with van der Waals surface area (Å²) in [6, 6.07) is 0. The Morgan fingerprint density at radius 2 is 2.00 bits per heavy atom. The minimum Gasteiger partial charge on any atom is -0.259 e. The zero-order valence-electron chi connectivity index (χ0n) is 5.51. The van der Waals surface area contributed by atoms with E-state index in [0.717, 1.165) is 24.1 Å². The summed E-state index contributed by atoms with van der Waals surface area (Å²) in [4.78, 5) is 4.11. The van der Waals surface area contributed by atoms with Crippen LogP contribution in [0.15, 0.2) is 6.20 Å². The summed E-state index contributed by atoms with van der Waals surface area (Å²) in [5, 5.41) is 1.26. The molecule has 11 heavy (non-hydrogen) atoms. The summed E-state index contributed by atoms with van der Waals surface area (Å²) in [6.07, 6.45) is 3.69. The average molecular weight is 369 g/mol. The van der Waals surface area contributed by atoms with Gasteiger partial charge in [-0.05, 0) is 18.4 Å². The monoisotopic (exact) mass is 368 g/mol. The van der Waals surface area contributed by atoms with E-state index in [1.165, 1.54) is 0 Å². The van der Waals surface area contributed by atoms with Gasteiger partial charge in [-0.3, -0.25) is 4.98 Å². The van der Waals surface area contributed by atoms with Crippen molar-refractivity contribution in [3.05, 3.63) is 27.5 Å². The molecule has 0 spiro atoms. The van der Waals surface area contributed by atoms with E-state index in [9.17, 15) is 0 Å². The third kappa shape index (κ3) is 1.47. The second-order valence-electron chi connectivity index (χ2n) is 2.35. The van der Waals surface area contributed by atoms with Crippen LogP contribution in [-0.2, 0) is 33.9 Å². The van der Waals surface area contributed by atoms with E-state index in [4.69, 9.17) is 23.2 Å². The van der Waals surface area contributed by atoms with E-state index in [2.05, 4.69) is 4.98 Å². The topological polar surface area (TPSA) is 12.9 Å². The molecule has 0 radical (unpaired) electrons. The van der Waals surface area contributed by atoms with Gasteiger partial charge in [0.2, 0.25) is 0 Å². The smallest absolute Gasteiger partial charge is 0.0778 e. The fourth-order valence-electron chi connectivity index (χ4n) is 1.08. The molecule has 1 nitrogen and oxygen atoms in total. The Balaban J connectivity index is 0.000000605. The van der Waals surface area contributed by atoms with Crippen molar-refractivity contribution in [2.24, 2.45) is 0 Å². The van der Waals surface area contributed by atoms with Crippen LogP contribution in [0.5, 0.6) is 0 Å². The largest absolute Gasteiger partial charge is 0.259 e. The molecule has 1 aliphatic carbocycles. The Bertz CT molecular complexity index is 273. The van der Waals surface area contributed by atoms with Crippen LogP contribution in [0.1, 0.15) is 11.3 Å². The molecule has 1 aromatic heterocycles. The molecule has 1 aliphatic rings. The van der Waals surface area contributed by atoms with Crippen molar-refractivity contribution < 1.29 is 21.1 Å². The standard InChI is InChI=1S/C7H5Cl2N.Pt/c8-5-3-10-6-2-1-4(6)7(5)9;/h3H,1-2H2;. The van der Waals surface area contributed by atoms with Crippen molar-refractivity contribution in [2.75, 3.05) is 0 Å². The predicted octanol–water partition coefficient (Wildman–Crippen LogP) is 2.48. The van der Waals surface area contributed by atoms with Gasteiger partial charge >= 0.3 is 0 Å². The van der Waals surface area contributed by atoms with Crippen LogP contribution in [-0.4, -0.2) is 4.98 Å². The summed E-state index contributed by atoms with van der Waals surface area (Å²) in [7, 11) is 0. The van der Waals surface area contributed by atoms with Gasteiger partial charge in [-0.15, -0.1) is 0 Å². The first-order valence-electron chi connectivity index (χ1n) is 3.11. The van der Waals surface area contributed by atoms with Gasteiger partial charge in [0.15, 0.2) is 0 Å². The first-order valence-corrected chi connectivity index (χ1v) is 3.86. The van der Waals surface area contributed by atoms with Gasteiger partial charge in [0.25, 0.3) is 0 Å². The second-order valence-corrected chi connectivity index (χ2v) is 3.13. The summed E-state index contributed by atoms with van der Waals surface area (Å²) in [5.41, 5.74) is 2.24. The summed E-state index contributed by atoms with van der Waals surface area (Å²) >= 11 is 11.6. The molecular weight excluding hydrogens is 364 g/mol. The van der Waals surface area contributed by atoms with Gasteiger partial charge in [0.1, 0.15) is 0 Å². The normalized spacial score (nSPS) is 12.9. The molecule has 2 rings (SSSR count). The van der Waals surface area contributed by atoms with Crippen LogP contribution in [0.4, 0.5) is 0 Å². The molecule has 0 aliphatic heterocycles. The summed E-state index contributed by atoms with van der Waals surface area (Å²) in [5.74, 6) is 0. The Kier molecular flexibility index (Phi) is 2.96. The fraction of sp³-hybridized carbons (Fsp3) is 0.286. The van der Waals surface area contributed by atoms with Crippen molar-refractivity contribution in [1.29, 1.82) is 0 Å². The Labute approximate surface area is 89.4 Å². The van der Waals surface area contributed by atoms with Crippen LogP contribution in [0.2, 0.25) is 10.0 Å². The molecule has 0 atom stereocenters. The van der Waals surface area contributed by atoms with Gasteiger partial charge in [-0.2, -0.15) is 0 Å². The molecule has 0 N–H and O–H groups in total. The zero-order valence-corrected chi connectivity index (χ0v) is 9.30. The van der Waals surface area contributed by atoms with Crippen LogP contribution in [0.3, 0.4) is 0 Å². The molecular formula is C7H5Cl2NPt. The number of aryl methyl sites for hydroxylation is 1. The number of hydrogen-bond donors (Lipinski definition) is 0. The van der Waals surface area contributed by atoms with Crippen molar-refractivity contribution in [3.63, 3.8) is 0 Å². The van der Waals surface area contributed by atoms with E-state index in [-0.39, 0.29) is 21.1 Å². The van der Waals surface area contributed by atoms with Gasteiger partial charge in [-0.25, -0.2) is 0 Å². The molecule has 0 bridgehead atoms. The second kappa shape index (κ2) is 3.43. The maximum absolute atomic E-state index is 5.86. The van der Waals surface area contributed by atoms with E-state index < -0.39 is 0 Å². The van der Waals surface area contributed by atoms with E-state index in [1.807, 2.05) is 0 Å². The number of pyridine rings is 1. The van der Waals surface area contributed by atoms with E-state index >= 15 is 0 Å². The summed E-state index contributed by atoms with van der Waals surface area (Å²) in [6.45, 7) is 0. The molecule has 1 heterocycles. The van der Waals surface area contributed by atoms with Gasteiger partial charge in [-0.1, -0.05) is 23.2 Å². The maximum atomic E-state index is 5.86. The molecule has 0 amide bonds. The van der Waals surface area contributed by atoms with E-state index in [0.29, 0.717) is 10.0 Å². The van der Waals surface area contributed by atoms with Gasteiger partial charge in [0, 0.05) is 33.0 Å². The zero-order chi connectivity index (χ0) is 7.14. The third-order valence-electron chi connectivity index (χ3n) is 1.77. The Hall–Kier alpha value is 0.418. The van der Waals surface area contributed by atoms with Gasteiger partial charge < -0.3 is 0 Å². The molecule has 0 aromatic carbocycles. The van der Waals surface area contributed by atoms with Crippen LogP contribution < -0.4 is 0 Å². The fourth-order valence-corrected chi connectivity index (χ4v) is 1.49. The number of nitrogens with zero attached hydrogens (tertiary/aromatic N) is 1. The maximum Gasteiger partial charge on any atom is 0.0778 e. The third-order valence-corrected chi connectivity index (χ3v) is 2.58. The van der Waals surface area contributed by atoms with Crippen molar-refractivity contribution in [1.82, 2.24) is 4.98 Å². The quantitative estimate of drug-likeness (QED) is 0.685. The number of rotatable bonds is 0. The van der Waals surface area contributed by atoms with Crippen LogP contribution >= 0.6 is 23.2 Å². The number of aromatic nitrogens is 1. The summed E-state index contributed by atoms with van der Waals surface area (Å²) < 4.78 is 0. The SMILES string of the molecule is Clc1cnc2c(c1Cl)CC2.[Pt]. The van der Waals surface area contributed by atoms with Gasteiger partial charge in [0.05, 0.1) is 10.0 Å². The molecule has 4 heteroatoms. The molecule has 0 saturated carbocycles. The molecule has 62 valence electrons. The number of hydrogen-bond acceptors (Lipinski definition) is 1. The minimum atomic E-state index is 0. The Morgan fingerprint density at radius 1 is 1.27 bits per heavy atom. The first kappa shape index (κ1) is 9.51. The van der Waals surface area contributed by atoms with Crippen molar-refractivity contribution >= 4 is 23.2 Å². The minimum absolute atomic E-state index is 0. The first-order chi connectivity index (χ1) is 4.79. The molecule has 1 aromatic rings. The number of fused-ring (bicyclic) bond motifs is 1. The number of halogens is 2. The molecule has 0 unspecified atom stereocenters. The van der Waals surface area contributed by atoms with Crippen molar-refractivity contribution in [3.8, 4) is 0 Å². The Morgan fingerprint density at radius 3 is 2.45 bits per heavy atom. The predicted molar refractivity (Wildman–Crippen MR) is 41.7 cm³/mol. The molecule has 0 saturated heterocycles. The van der Waals surface area contributed by atoms with Crippen LogP contribution in [0, 0.1) is 0 Å². The average Bonchev–Trinajstić information content (AvgIpc) is 1.82. The van der Waals surface area contributed by atoms with E-state index in [1.54, 1.807) is 6.20 Å².